The third-order valence-corrected chi connectivity index (χ3v) is 7.62. The first-order valence-corrected chi connectivity index (χ1v) is 11.9. The maximum absolute atomic E-state index is 12.7. The molecule has 1 aliphatic rings. The van der Waals surface area contributed by atoms with Crippen molar-refractivity contribution in [1.29, 1.82) is 0 Å². The average Bonchev–Trinajstić information content (AvgIpc) is 3.10. The van der Waals surface area contributed by atoms with E-state index in [1.807, 2.05) is 13.8 Å². The number of carboxylic acids is 1. The number of aliphatic carboxylic acids is 1. The Kier molecular flexibility index (Phi) is 6.16. The Morgan fingerprint density at radius 1 is 1.18 bits per heavy atom. The van der Waals surface area contributed by atoms with Gasteiger partial charge in [0.1, 0.15) is 10.6 Å². The van der Waals surface area contributed by atoms with Crippen LogP contribution in [0.4, 0.5) is 13.2 Å². The van der Waals surface area contributed by atoms with Crippen LogP contribution < -0.4 is 4.74 Å². The maximum Gasteiger partial charge on any atom is 0.573 e. The Hall–Kier alpha value is -2.61. The van der Waals surface area contributed by atoms with Gasteiger partial charge in [-0.05, 0) is 80.3 Å². The number of hydrogen-bond acceptors (Lipinski definition) is 4. The Balaban J connectivity index is 2.03. The van der Waals surface area contributed by atoms with E-state index in [1.165, 1.54) is 22.6 Å². The fourth-order valence-electron chi connectivity index (χ4n) is 5.03. The number of thiophene rings is 1. The van der Waals surface area contributed by atoms with Crippen LogP contribution in [0.5, 0.6) is 5.75 Å². The molecular formula is C25H26F3NO3S. The Morgan fingerprint density at radius 2 is 1.85 bits per heavy atom. The van der Waals surface area contributed by atoms with Gasteiger partial charge in [0, 0.05) is 16.0 Å². The molecule has 8 heteroatoms. The van der Waals surface area contributed by atoms with E-state index in [4.69, 9.17) is 4.98 Å². The molecular weight excluding hydrogens is 451 g/mol. The number of fused-ring (bicyclic) bond motifs is 3. The zero-order valence-corrected chi connectivity index (χ0v) is 19.6. The zero-order valence-electron chi connectivity index (χ0n) is 18.8. The highest BCUT2D eigenvalue weighted by Gasteiger charge is 2.40. The number of ether oxygens (including phenoxy) is 1. The molecule has 4 nitrogen and oxygen atoms in total. The van der Waals surface area contributed by atoms with Crippen molar-refractivity contribution in [1.82, 2.24) is 4.98 Å². The van der Waals surface area contributed by atoms with Crippen molar-refractivity contribution in [3.63, 3.8) is 0 Å². The summed E-state index contributed by atoms with van der Waals surface area (Å²) in [7, 11) is 0. The minimum Gasteiger partial charge on any atom is -0.481 e. The van der Waals surface area contributed by atoms with Gasteiger partial charge in [-0.1, -0.05) is 25.5 Å². The number of hydrogen-bond donors (Lipinski definition) is 1. The summed E-state index contributed by atoms with van der Waals surface area (Å²) in [6, 6.07) is 5.73. The number of aromatic nitrogens is 1. The number of carboxylic acid groups (broad SMARTS) is 1. The lowest BCUT2D eigenvalue weighted by Crippen LogP contribution is -2.34. The molecule has 0 aliphatic heterocycles. The molecule has 0 bridgehead atoms. The lowest BCUT2D eigenvalue weighted by molar-refractivity contribution is -0.274. The van der Waals surface area contributed by atoms with E-state index in [1.54, 1.807) is 30.4 Å². The van der Waals surface area contributed by atoms with Crippen molar-refractivity contribution in [2.24, 2.45) is 0 Å². The molecule has 1 aliphatic carbocycles. The van der Waals surface area contributed by atoms with Crippen LogP contribution >= 0.6 is 11.3 Å². The highest BCUT2D eigenvalue weighted by Crippen LogP contribution is 2.47. The predicted octanol–water partition coefficient (Wildman–Crippen LogP) is 7.19. The van der Waals surface area contributed by atoms with Crippen LogP contribution in [-0.2, 0) is 23.1 Å². The quantitative estimate of drug-likeness (QED) is 0.408. The summed E-state index contributed by atoms with van der Waals surface area (Å²) in [5.41, 5.74) is 2.74. The summed E-state index contributed by atoms with van der Waals surface area (Å²) in [5.74, 6) is -1.24. The standard InChI is InChI=1S/C25H26F3NO3S/c1-4-13-24(3,23(30)31)21-14(2)29-22-20(17-7-5-6-8-18(17)33-22)19(21)15-9-11-16(12-10-15)32-25(26,27)28/h9-12H,4-8,13H2,1-3H3,(H,30,31). The third kappa shape index (κ3) is 4.33. The first-order chi connectivity index (χ1) is 15.5. The summed E-state index contributed by atoms with van der Waals surface area (Å²) < 4.78 is 42.1. The highest BCUT2D eigenvalue weighted by molar-refractivity contribution is 7.19. The van der Waals surface area contributed by atoms with Gasteiger partial charge in [-0.2, -0.15) is 0 Å². The van der Waals surface area contributed by atoms with Crippen LogP contribution in [-0.4, -0.2) is 22.4 Å². The smallest absolute Gasteiger partial charge is 0.481 e. The van der Waals surface area contributed by atoms with E-state index in [2.05, 4.69) is 4.74 Å². The molecule has 176 valence electrons. The van der Waals surface area contributed by atoms with Crippen LogP contribution in [0.3, 0.4) is 0 Å². The molecule has 0 fully saturated rings. The SMILES string of the molecule is CCCC(C)(C(=O)O)c1c(C)nc2sc3c(c2c1-c1ccc(OC(F)(F)F)cc1)CCCC3. The van der Waals surface area contributed by atoms with Crippen molar-refractivity contribution in [3.05, 3.63) is 46.0 Å². The van der Waals surface area contributed by atoms with Gasteiger partial charge >= 0.3 is 12.3 Å². The molecule has 2 heterocycles. The molecule has 0 amide bonds. The minimum absolute atomic E-state index is 0.309. The predicted molar refractivity (Wildman–Crippen MR) is 123 cm³/mol. The molecule has 0 saturated carbocycles. The fraction of sp³-hybridized carbons (Fsp3) is 0.440. The van der Waals surface area contributed by atoms with Crippen LogP contribution in [0, 0.1) is 6.92 Å². The van der Waals surface area contributed by atoms with E-state index < -0.39 is 17.7 Å². The van der Waals surface area contributed by atoms with Crippen LogP contribution in [0.25, 0.3) is 21.3 Å². The van der Waals surface area contributed by atoms with Gasteiger partial charge in [-0.25, -0.2) is 4.98 Å². The molecule has 3 aromatic rings. The summed E-state index contributed by atoms with van der Waals surface area (Å²) >= 11 is 1.64. The fourth-order valence-corrected chi connectivity index (χ4v) is 6.35. The lowest BCUT2D eigenvalue weighted by Gasteiger charge is -2.30. The Morgan fingerprint density at radius 3 is 2.45 bits per heavy atom. The number of aryl methyl sites for hydroxylation is 3. The molecule has 1 unspecified atom stereocenters. The average molecular weight is 478 g/mol. The summed E-state index contributed by atoms with van der Waals surface area (Å²) in [4.78, 5) is 19.5. The monoisotopic (exact) mass is 477 g/mol. The maximum atomic E-state index is 12.7. The molecule has 0 radical (unpaired) electrons. The molecule has 1 atom stereocenters. The van der Waals surface area contributed by atoms with Crippen molar-refractivity contribution in [3.8, 4) is 16.9 Å². The van der Waals surface area contributed by atoms with Crippen molar-refractivity contribution >= 4 is 27.5 Å². The summed E-state index contributed by atoms with van der Waals surface area (Å²) in [6.07, 6.45) is 0.318. The van der Waals surface area contributed by atoms with Gasteiger partial charge in [-0.3, -0.25) is 4.79 Å². The normalized spacial score (nSPS) is 15.8. The van der Waals surface area contributed by atoms with Gasteiger partial charge in [0.05, 0.1) is 5.41 Å². The van der Waals surface area contributed by atoms with E-state index >= 15 is 0 Å². The number of rotatable bonds is 6. The number of halogens is 3. The van der Waals surface area contributed by atoms with Crippen LogP contribution in [0.1, 0.15) is 61.2 Å². The minimum atomic E-state index is -4.78. The highest BCUT2D eigenvalue weighted by atomic mass is 32.1. The largest absolute Gasteiger partial charge is 0.573 e. The molecule has 1 aromatic carbocycles. The van der Waals surface area contributed by atoms with Crippen LogP contribution in [0.15, 0.2) is 24.3 Å². The molecule has 0 saturated heterocycles. The lowest BCUT2D eigenvalue weighted by atomic mass is 9.73. The molecule has 1 N–H and O–H groups in total. The second-order valence-corrected chi connectivity index (χ2v) is 9.88. The first kappa shape index (κ1) is 23.5. The number of pyridine rings is 1. The zero-order chi connectivity index (χ0) is 24.0. The van der Waals surface area contributed by atoms with E-state index in [0.29, 0.717) is 29.7 Å². The van der Waals surface area contributed by atoms with E-state index in [0.717, 1.165) is 41.5 Å². The Labute approximate surface area is 194 Å². The van der Waals surface area contributed by atoms with Gasteiger partial charge in [-0.15, -0.1) is 24.5 Å². The second kappa shape index (κ2) is 8.63. The molecule has 33 heavy (non-hydrogen) atoms. The van der Waals surface area contributed by atoms with Gasteiger partial charge < -0.3 is 9.84 Å². The molecule has 0 spiro atoms. The van der Waals surface area contributed by atoms with E-state index in [-0.39, 0.29) is 5.75 Å². The van der Waals surface area contributed by atoms with Gasteiger partial charge in [0.25, 0.3) is 0 Å². The summed E-state index contributed by atoms with van der Waals surface area (Å²) in [6.45, 7) is 5.49. The first-order valence-electron chi connectivity index (χ1n) is 11.1. The number of alkyl halides is 3. The van der Waals surface area contributed by atoms with Crippen molar-refractivity contribution in [2.45, 2.75) is 71.1 Å². The van der Waals surface area contributed by atoms with Crippen molar-refractivity contribution in [2.75, 3.05) is 0 Å². The number of benzene rings is 1. The van der Waals surface area contributed by atoms with Crippen LogP contribution in [0.2, 0.25) is 0 Å². The van der Waals surface area contributed by atoms with E-state index in [9.17, 15) is 23.1 Å². The molecule has 4 rings (SSSR count). The molecule has 2 aromatic heterocycles. The summed E-state index contributed by atoms with van der Waals surface area (Å²) in [5, 5.41) is 11.2. The number of nitrogens with zero attached hydrogens (tertiary/aromatic N) is 1. The van der Waals surface area contributed by atoms with Crippen molar-refractivity contribution < 1.29 is 27.8 Å². The topological polar surface area (TPSA) is 59.4 Å². The van der Waals surface area contributed by atoms with Gasteiger partial charge in [0.2, 0.25) is 0 Å². The third-order valence-electron chi connectivity index (χ3n) is 6.43. The Bertz CT molecular complexity index is 1200. The van der Waals surface area contributed by atoms with Gasteiger partial charge in [0.15, 0.2) is 0 Å². The number of carbonyl (C=O) groups is 1. The second-order valence-electron chi connectivity index (χ2n) is 8.80.